The van der Waals surface area contributed by atoms with Crippen molar-refractivity contribution < 1.29 is 9.53 Å². The van der Waals surface area contributed by atoms with Gasteiger partial charge in [-0.1, -0.05) is 11.6 Å². The summed E-state index contributed by atoms with van der Waals surface area (Å²) in [5.74, 6) is 0.0480. The van der Waals surface area contributed by atoms with E-state index in [1.165, 1.54) is 14.0 Å². The van der Waals surface area contributed by atoms with Crippen molar-refractivity contribution in [2.24, 2.45) is 0 Å². The van der Waals surface area contributed by atoms with Crippen LogP contribution in [-0.4, -0.2) is 18.5 Å². The van der Waals surface area contributed by atoms with E-state index < -0.39 is 5.56 Å². The lowest BCUT2D eigenvalue weighted by Crippen LogP contribution is -2.05. The minimum absolute atomic E-state index is 0.0480. The van der Waals surface area contributed by atoms with Gasteiger partial charge in [-0.3, -0.25) is 4.79 Å². The summed E-state index contributed by atoms with van der Waals surface area (Å²) in [5, 5.41) is 0. The molecule has 1 unspecified atom stereocenters. The van der Waals surface area contributed by atoms with Crippen molar-refractivity contribution in [1.29, 1.82) is 0 Å². The van der Waals surface area contributed by atoms with Gasteiger partial charge < -0.3 is 4.74 Å². The van der Waals surface area contributed by atoms with Crippen LogP contribution in [0.1, 0.15) is 13.3 Å². The minimum atomic E-state index is -0.451. The second-order valence-corrected chi connectivity index (χ2v) is 2.04. The standard InChI is InChI=1S/C5H9ClO2/c1-4(7)3-5(6)8-2/h5H,3H2,1-2H3. The average molecular weight is 137 g/mol. The quantitative estimate of drug-likeness (QED) is 0.545. The zero-order valence-electron chi connectivity index (χ0n) is 4.98. The molecule has 0 saturated carbocycles. The molecular weight excluding hydrogens is 128 g/mol. The van der Waals surface area contributed by atoms with Crippen LogP contribution in [0.25, 0.3) is 0 Å². The van der Waals surface area contributed by atoms with Gasteiger partial charge in [0.15, 0.2) is 0 Å². The molecule has 0 aliphatic heterocycles. The molecule has 48 valence electrons. The number of rotatable bonds is 3. The highest BCUT2D eigenvalue weighted by Crippen LogP contribution is 2.01. The first-order valence-electron chi connectivity index (χ1n) is 2.33. The molecule has 0 heterocycles. The number of hydrogen-bond donors (Lipinski definition) is 0. The summed E-state index contributed by atoms with van der Waals surface area (Å²) in [6, 6.07) is 0. The molecule has 0 rings (SSSR count). The maximum atomic E-state index is 10.2. The maximum absolute atomic E-state index is 10.2. The number of hydrogen-bond acceptors (Lipinski definition) is 2. The second kappa shape index (κ2) is 3.87. The number of carbonyl (C=O) groups is 1. The number of Topliss-reactive ketones (excluding diaryl/α,β-unsaturated/α-hetero) is 1. The molecule has 8 heavy (non-hydrogen) atoms. The molecular formula is C5H9ClO2. The van der Waals surface area contributed by atoms with Crippen molar-refractivity contribution in [2.75, 3.05) is 7.11 Å². The van der Waals surface area contributed by atoms with E-state index in [1.807, 2.05) is 0 Å². The Morgan fingerprint density at radius 2 is 2.38 bits per heavy atom. The summed E-state index contributed by atoms with van der Waals surface area (Å²) < 4.78 is 4.61. The average Bonchev–Trinajstić information content (AvgIpc) is 1.65. The molecule has 0 aromatic rings. The fourth-order valence-corrected chi connectivity index (χ4v) is 0.527. The van der Waals surface area contributed by atoms with Crippen LogP contribution in [0.3, 0.4) is 0 Å². The van der Waals surface area contributed by atoms with E-state index in [4.69, 9.17) is 11.6 Å². The Hall–Kier alpha value is -0.0800. The molecule has 3 heteroatoms. The Morgan fingerprint density at radius 3 is 2.50 bits per heavy atom. The van der Waals surface area contributed by atoms with Crippen LogP contribution in [0.2, 0.25) is 0 Å². The smallest absolute Gasteiger partial charge is 0.137 e. The van der Waals surface area contributed by atoms with Crippen LogP contribution < -0.4 is 0 Å². The van der Waals surface area contributed by atoms with E-state index in [0.717, 1.165) is 0 Å². The molecule has 1 atom stereocenters. The fraction of sp³-hybridized carbons (Fsp3) is 0.800. The summed E-state index contributed by atoms with van der Waals surface area (Å²) in [4.78, 5) is 10.2. The van der Waals surface area contributed by atoms with E-state index in [-0.39, 0.29) is 12.2 Å². The third kappa shape index (κ3) is 4.09. The van der Waals surface area contributed by atoms with E-state index in [9.17, 15) is 4.79 Å². The van der Waals surface area contributed by atoms with Gasteiger partial charge in [-0.25, -0.2) is 0 Å². The zero-order chi connectivity index (χ0) is 6.57. The third-order valence-corrected chi connectivity index (χ3v) is 1.04. The van der Waals surface area contributed by atoms with Crippen LogP contribution in [-0.2, 0) is 9.53 Å². The number of carbonyl (C=O) groups excluding carboxylic acids is 1. The van der Waals surface area contributed by atoms with Gasteiger partial charge in [0.25, 0.3) is 0 Å². The van der Waals surface area contributed by atoms with Crippen LogP contribution in [0, 0.1) is 0 Å². The van der Waals surface area contributed by atoms with E-state index in [0.29, 0.717) is 0 Å². The molecule has 0 saturated heterocycles. The zero-order valence-corrected chi connectivity index (χ0v) is 5.73. The highest BCUT2D eigenvalue weighted by molar-refractivity contribution is 6.20. The van der Waals surface area contributed by atoms with Crippen molar-refractivity contribution in [3.8, 4) is 0 Å². The molecule has 0 bridgehead atoms. The lowest BCUT2D eigenvalue weighted by atomic mass is 10.3. The van der Waals surface area contributed by atoms with Crippen LogP contribution in [0.15, 0.2) is 0 Å². The molecule has 0 aromatic heterocycles. The second-order valence-electron chi connectivity index (χ2n) is 1.55. The summed E-state index contributed by atoms with van der Waals surface area (Å²) in [7, 11) is 1.47. The van der Waals surface area contributed by atoms with Gasteiger partial charge in [0, 0.05) is 13.5 Å². The van der Waals surface area contributed by atoms with Gasteiger partial charge >= 0.3 is 0 Å². The van der Waals surface area contributed by atoms with Crippen molar-refractivity contribution in [1.82, 2.24) is 0 Å². The first-order valence-corrected chi connectivity index (χ1v) is 2.76. The minimum Gasteiger partial charge on any atom is -0.365 e. The Balaban J connectivity index is 3.24. The Labute approximate surface area is 53.8 Å². The van der Waals surface area contributed by atoms with Crippen molar-refractivity contribution in [3.63, 3.8) is 0 Å². The van der Waals surface area contributed by atoms with Crippen molar-refractivity contribution >= 4 is 17.4 Å². The van der Waals surface area contributed by atoms with Gasteiger partial charge in [-0.15, -0.1) is 0 Å². The van der Waals surface area contributed by atoms with Crippen molar-refractivity contribution in [2.45, 2.75) is 18.9 Å². The van der Waals surface area contributed by atoms with Crippen LogP contribution >= 0.6 is 11.6 Å². The van der Waals surface area contributed by atoms with E-state index in [1.54, 1.807) is 0 Å². The Kier molecular flexibility index (Phi) is 3.83. The van der Waals surface area contributed by atoms with Crippen LogP contribution in [0.4, 0.5) is 0 Å². The predicted molar refractivity (Wildman–Crippen MR) is 31.9 cm³/mol. The maximum Gasteiger partial charge on any atom is 0.137 e. The number of ketones is 1. The summed E-state index contributed by atoms with van der Waals surface area (Å²) in [5.41, 5.74) is -0.451. The van der Waals surface area contributed by atoms with Gasteiger partial charge in [-0.2, -0.15) is 0 Å². The molecule has 2 nitrogen and oxygen atoms in total. The summed E-state index contributed by atoms with van der Waals surface area (Å²) in [6.45, 7) is 1.48. The van der Waals surface area contributed by atoms with Crippen molar-refractivity contribution in [3.05, 3.63) is 0 Å². The predicted octanol–water partition coefficient (Wildman–Crippen LogP) is 1.18. The molecule has 0 N–H and O–H groups in total. The third-order valence-electron chi connectivity index (χ3n) is 0.704. The lowest BCUT2D eigenvalue weighted by Gasteiger charge is -2.01. The van der Waals surface area contributed by atoms with E-state index >= 15 is 0 Å². The number of alkyl halides is 1. The highest BCUT2D eigenvalue weighted by atomic mass is 35.5. The number of ether oxygens (including phenoxy) is 1. The topological polar surface area (TPSA) is 26.3 Å². The molecule has 0 aliphatic rings. The largest absolute Gasteiger partial charge is 0.365 e. The van der Waals surface area contributed by atoms with Crippen LogP contribution in [0.5, 0.6) is 0 Å². The SMILES string of the molecule is COC(Cl)CC(C)=O. The van der Waals surface area contributed by atoms with Gasteiger partial charge in [0.2, 0.25) is 0 Å². The Bertz CT molecular complexity index is 82.5. The molecule has 0 spiro atoms. The molecule has 0 aromatic carbocycles. The lowest BCUT2D eigenvalue weighted by molar-refractivity contribution is -0.118. The van der Waals surface area contributed by atoms with E-state index in [2.05, 4.69) is 4.74 Å². The first-order chi connectivity index (χ1) is 3.66. The Morgan fingerprint density at radius 1 is 1.88 bits per heavy atom. The normalized spacial score (nSPS) is 13.4. The molecule has 0 aliphatic carbocycles. The van der Waals surface area contributed by atoms with Gasteiger partial charge in [0.05, 0.1) is 0 Å². The summed E-state index contributed by atoms with van der Waals surface area (Å²) >= 11 is 5.42. The summed E-state index contributed by atoms with van der Waals surface area (Å²) in [6.07, 6.45) is 0.290. The number of methoxy groups -OCH3 is 1. The molecule has 0 amide bonds. The number of halogens is 1. The highest BCUT2D eigenvalue weighted by Gasteiger charge is 2.03. The molecule has 0 fully saturated rings. The monoisotopic (exact) mass is 136 g/mol. The van der Waals surface area contributed by atoms with Gasteiger partial charge in [-0.05, 0) is 6.92 Å². The van der Waals surface area contributed by atoms with Gasteiger partial charge in [0.1, 0.15) is 11.3 Å². The first kappa shape index (κ1) is 7.92. The molecule has 0 radical (unpaired) electrons. The fourth-order valence-electron chi connectivity index (χ4n) is 0.309.